The van der Waals surface area contributed by atoms with E-state index in [-0.39, 0.29) is 12.1 Å². The third kappa shape index (κ3) is 5.40. The Bertz CT molecular complexity index is 1100. The lowest BCUT2D eigenvalue weighted by atomic mass is 10.2. The van der Waals surface area contributed by atoms with Crippen molar-refractivity contribution in [1.82, 2.24) is 4.72 Å². The molecule has 0 amide bonds. The molecule has 0 radical (unpaired) electrons. The zero-order valence-corrected chi connectivity index (χ0v) is 16.0. The Hall–Kier alpha value is -3.23. The molecule has 150 valence electrons. The Labute approximate surface area is 167 Å². The van der Waals surface area contributed by atoms with Gasteiger partial charge in [-0.15, -0.1) is 0 Å². The van der Waals surface area contributed by atoms with Crippen LogP contribution in [0.4, 0.5) is 4.39 Å². The molecule has 0 fully saturated rings. The highest BCUT2D eigenvalue weighted by atomic mass is 32.2. The van der Waals surface area contributed by atoms with Gasteiger partial charge in [-0.05, 0) is 41.5 Å². The van der Waals surface area contributed by atoms with Crippen LogP contribution in [-0.4, -0.2) is 19.5 Å². The van der Waals surface area contributed by atoms with Gasteiger partial charge in [0.25, 0.3) is 0 Å². The van der Waals surface area contributed by atoms with E-state index in [1.54, 1.807) is 24.3 Å². The Morgan fingerprint density at radius 2 is 1.66 bits per heavy atom. The number of hydrogen-bond acceptors (Lipinski definition) is 4. The topological polar surface area (TPSA) is 92.7 Å². The zero-order chi connectivity index (χ0) is 20.9. The molecule has 0 unspecified atom stereocenters. The van der Waals surface area contributed by atoms with Crippen LogP contribution < -0.4 is 9.46 Å². The van der Waals surface area contributed by atoms with Crippen molar-refractivity contribution in [1.29, 1.82) is 0 Å². The van der Waals surface area contributed by atoms with Gasteiger partial charge in [0.05, 0.1) is 5.56 Å². The van der Waals surface area contributed by atoms with Crippen molar-refractivity contribution in [2.24, 2.45) is 0 Å². The molecule has 6 nitrogen and oxygen atoms in total. The summed E-state index contributed by atoms with van der Waals surface area (Å²) in [5.74, 6) is -1.74. The van der Waals surface area contributed by atoms with Crippen LogP contribution in [0.2, 0.25) is 0 Å². The van der Waals surface area contributed by atoms with E-state index in [4.69, 9.17) is 9.84 Å². The number of ether oxygens (including phenoxy) is 1. The summed E-state index contributed by atoms with van der Waals surface area (Å²) in [6.45, 7) is 0.323. The first-order chi connectivity index (χ1) is 13.8. The maximum atomic E-state index is 13.9. The largest absolute Gasteiger partial charge is 0.489 e. The minimum absolute atomic E-state index is 0.0853. The first kappa shape index (κ1) is 20.5. The van der Waals surface area contributed by atoms with Crippen LogP contribution in [0.15, 0.2) is 77.7 Å². The second-order valence-corrected chi connectivity index (χ2v) is 7.93. The predicted molar refractivity (Wildman–Crippen MR) is 105 cm³/mol. The van der Waals surface area contributed by atoms with Gasteiger partial charge in [0.15, 0.2) is 0 Å². The van der Waals surface area contributed by atoms with Crippen LogP contribution in [0.1, 0.15) is 21.5 Å². The van der Waals surface area contributed by atoms with E-state index in [0.29, 0.717) is 17.9 Å². The Kier molecular flexibility index (Phi) is 6.26. The number of aromatic carboxylic acids is 1. The average Bonchev–Trinajstić information content (AvgIpc) is 2.72. The van der Waals surface area contributed by atoms with Gasteiger partial charge in [-0.3, -0.25) is 0 Å². The number of carboxylic acids is 1. The van der Waals surface area contributed by atoms with Gasteiger partial charge < -0.3 is 9.84 Å². The molecular formula is C21H18FNO5S. The van der Waals surface area contributed by atoms with Crippen molar-refractivity contribution in [3.63, 3.8) is 0 Å². The molecule has 0 aliphatic carbocycles. The van der Waals surface area contributed by atoms with Crippen LogP contribution >= 0.6 is 0 Å². The Morgan fingerprint density at radius 1 is 0.966 bits per heavy atom. The molecule has 3 aromatic rings. The molecular weight excluding hydrogens is 397 g/mol. The van der Waals surface area contributed by atoms with Crippen molar-refractivity contribution >= 4 is 16.0 Å². The summed E-state index contributed by atoms with van der Waals surface area (Å²) in [6.07, 6.45) is 0. The lowest BCUT2D eigenvalue weighted by molar-refractivity contribution is 0.0696. The highest BCUT2D eigenvalue weighted by Crippen LogP contribution is 2.18. The molecule has 8 heteroatoms. The molecule has 2 N–H and O–H groups in total. The molecule has 0 atom stereocenters. The van der Waals surface area contributed by atoms with Gasteiger partial charge in [0.2, 0.25) is 10.0 Å². The fourth-order valence-corrected chi connectivity index (χ4v) is 3.66. The molecule has 0 saturated carbocycles. The summed E-state index contributed by atoms with van der Waals surface area (Å²) < 4.78 is 46.6. The minimum Gasteiger partial charge on any atom is -0.489 e. The van der Waals surface area contributed by atoms with Crippen LogP contribution in [0, 0.1) is 5.82 Å². The number of benzene rings is 3. The Morgan fingerprint density at radius 3 is 2.31 bits per heavy atom. The summed E-state index contributed by atoms with van der Waals surface area (Å²) in [5.41, 5.74) is 1.34. The van der Waals surface area contributed by atoms with Crippen molar-refractivity contribution in [2.75, 3.05) is 0 Å². The normalized spacial score (nSPS) is 11.2. The lowest BCUT2D eigenvalue weighted by Gasteiger charge is -2.10. The molecule has 0 spiro atoms. The van der Waals surface area contributed by atoms with Gasteiger partial charge in [-0.1, -0.05) is 42.5 Å². The van der Waals surface area contributed by atoms with Gasteiger partial charge in [-0.25, -0.2) is 22.3 Å². The van der Waals surface area contributed by atoms with E-state index < -0.39 is 26.7 Å². The smallest absolute Gasteiger partial charge is 0.335 e. The summed E-state index contributed by atoms with van der Waals surface area (Å²) in [4.78, 5) is 10.3. The van der Waals surface area contributed by atoms with Gasteiger partial charge in [-0.2, -0.15) is 0 Å². The molecule has 0 aromatic heterocycles. The molecule has 0 aliphatic rings. The number of carboxylic acid groups (broad SMARTS) is 1. The van der Waals surface area contributed by atoms with Crippen molar-refractivity contribution in [3.05, 3.63) is 95.3 Å². The van der Waals surface area contributed by atoms with Crippen molar-refractivity contribution in [2.45, 2.75) is 18.0 Å². The Balaban J connectivity index is 1.63. The van der Waals surface area contributed by atoms with Gasteiger partial charge in [0.1, 0.15) is 23.1 Å². The van der Waals surface area contributed by atoms with Gasteiger partial charge in [0, 0.05) is 6.54 Å². The van der Waals surface area contributed by atoms with Crippen molar-refractivity contribution < 1.29 is 27.4 Å². The number of nitrogens with one attached hydrogen (secondary N) is 1. The van der Waals surface area contributed by atoms with Crippen molar-refractivity contribution in [3.8, 4) is 5.75 Å². The minimum atomic E-state index is -4.22. The highest BCUT2D eigenvalue weighted by molar-refractivity contribution is 7.89. The first-order valence-corrected chi connectivity index (χ1v) is 10.1. The summed E-state index contributed by atoms with van der Waals surface area (Å²) in [5, 5.41) is 8.97. The maximum absolute atomic E-state index is 13.9. The van der Waals surface area contributed by atoms with E-state index in [1.165, 1.54) is 0 Å². The molecule has 29 heavy (non-hydrogen) atoms. The number of hydrogen-bond donors (Lipinski definition) is 2. The number of rotatable bonds is 8. The molecule has 0 bridgehead atoms. The number of carbonyl (C=O) groups is 1. The molecule has 0 saturated heterocycles. The molecule has 0 aliphatic heterocycles. The average molecular weight is 415 g/mol. The summed E-state index contributed by atoms with van der Waals surface area (Å²) in [7, 11) is -4.22. The summed E-state index contributed by atoms with van der Waals surface area (Å²) in [6, 6.07) is 19.1. The van der Waals surface area contributed by atoms with E-state index in [2.05, 4.69) is 4.72 Å². The second kappa shape index (κ2) is 8.85. The van der Waals surface area contributed by atoms with Gasteiger partial charge >= 0.3 is 5.97 Å². The SMILES string of the molecule is O=C(O)c1ccc(F)c(S(=O)(=O)NCc2ccc(OCc3ccccc3)cc2)c1. The van der Waals surface area contributed by atoms with Crippen LogP contribution in [-0.2, 0) is 23.2 Å². The first-order valence-electron chi connectivity index (χ1n) is 8.63. The quantitative estimate of drug-likeness (QED) is 0.587. The van der Waals surface area contributed by atoms with Crippen LogP contribution in [0.25, 0.3) is 0 Å². The predicted octanol–water partition coefficient (Wildman–Crippen LogP) is 3.58. The van der Waals surface area contributed by atoms with Crippen LogP contribution in [0.5, 0.6) is 5.75 Å². The molecule has 0 heterocycles. The fraction of sp³-hybridized carbons (Fsp3) is 0.0952. The third-order valence-corrected chi connectivity index (χ3v) is 5.52. The lowest BCUT2D eigenvalue weighted by Crippen LogP contribution is -2.24. The summed E-state index contributed by atoms with van der Waals surface area (Å²) >= 11 is 0. The molecule has 3 rings (SSSR count). The van der Waals surface area contributed by atoms with E-state index in [9.17, 15) is 17.6 Å². The van der Waals surface area contributed by atoms with E-state index >= 15 is 0 Å². The fourth-order valence-electron chi connectivity index (χ4n) is 2.54. The number of halogens is 1. The highest BCUT2D eigenvalue weighted by Gasteiger charge is 2.21. The standard InChI is InChI=1S/C21H18FNO5S/c22-19-11-8-17(21(24)25)12-20(19)29(26,27)23-13-15-6-9-18(10-7-15)28-14-16-4-2-1-3-5-16/h1-12,23H,13-14H2,(H,24,25). The molecule has 3 aromatic carbocycles. The monoisotopic (exact) mass is 415 g/mol. The van der Waals surface area contributed by atoms with Crippen LogP contribution in [0.3, 0.4) is 0 Å². The third-order valence-electron chi connectivity index (χ3n) is 4.11. The number of sulfonamides is 1. The van der Waals surface area contributed by atoms with E-state index in [1.807, 2.05) is 30.3 Å². The zero-order valence-electron chi connectivity index (χ0n) is 15.2. The van der Waals surface area contributed by atoms with E-state index in [0.717, 1.165) is 23.8 Å². The second-order valence-electron chi connectivity index (χ2n) is 6.19. The maximum Gasteiger partial charge on any atom is 0.335 e.